The predicted molar refractivity (Wildman–Crippen MR) is 108 cm³/mol. The molecule has 0 aliphatic carbocycles. The molecule has 0 saturated heterocycles. The van der Waals surface area contributed by atoms with E-state index in [-0.39, 0.29) is 10.7 Å². The summed E-state index contributed by atoms with van der Waals surface area (Å²) in [5.74, 6) is 0.522. The molecule has 0 spiro atoms. The highest BCUT2D eigenvalue weighted by Crippen LogP contribution is 2.24. The Morgan fingerprint density at radius 3 is 2.21 bits per heavy atom. The molecule has 2 aromatic heterocycles. The molecular weight excluding hydrogens is 376 g/mol. The van der Waals surface area contributed by atoms with Crippen LogP contribution in [0.5, 0.6) is 0 Å². The van der Waals surface area contributed by atoms with Crippen molar-refractivity contribution in [1.29, 1.82) is 0 Å². The van der Waals surface area contributed by atoms with Gasteiger partial charge in [-0.2, -0.15) is 5.10 Å². The lowest BCUT2D eigenvalue weighted by molar-refractivity contribution is 0.601. The topological polar surface area (TPSA) is 102 Å². The van der Waals surface area contributed by atoms with Crippen LogP contribution in [0.1, 0.15) is 0 Å². The summed E-state index contributed by atoms with van der Waals surface area (Å²) in [6.45, 7) is 1.11. The van der Waals surface area contributed by atoms with Crippen molar-refractivity contribution in [2.75, 3.05) is 16.6 Å². The van der Waals surface area contributed by atoms with Gasteiger partial charge in [0.25, 0.3) is 10.0 Å². The second-order valence-corrected chi connectivity index (χ2v) is 7.71. The maximum atomic E-state index is 12.7. The molecular formula is C19H18N6O2S. The molecule has 0 radical (unpaired) electrons. The Labute approximate surface area is 162 Å². The highest BCUT2D eigenvalue weighted by molar-refractivity contribution is 7.92. The van der Waals surface area contributed by atoms with Crippen molar-refractivity contribution in [3.63, 3.8) is 0 Å². The van der Waals surface area contributed by atoms with Gasteiger partial charge < -0.3 is 5.32 Å². The number of sulfonamides is 1. The van der Waals surface area contributed by atoms with Crippen molar-refractivity contribution in [1.82, 2.24) is 19.7 Å². The second kappa shape index (κ2) is 7.65. The Hall–Kier alpha value is -3.46. The monoisotopic (exact) mass is 394 g/mol. The van der Waals surface area contributed by atoms with Gasteiger partial charge >= 0.3 is 0 Å². The maximum absolute atomic E-state index is 12.7. The summed E-state index contributed by atoms with van der Waals surface area (Å²) in [6, 6.07) is 17.3. The Balaban J connectivity index is 1.65. The number of hydrogen-bond acceptors (Lipinski definition) is 6. The number of nitrogens with one attached hydrogen (secondary N) is 2. The van der Waals surface area contributed by atoms with Crippen LogP contribution in [0.25, 0.3) is 11.0 Å². The Morgan fingerprint density at radius 2 is 1.54 bits per heavy atom. The molecule has 4 aromatic rings. The summed E-state index contributed by atoms with van der Waals surface area (Å²) in [6.07, 6.45) is 3.56. The Kier molecular flexibility index (Phi) is 4.90. The molecule has 8 nitrogen and oxygen atoms in total. The largest absolute Gasteiger partial charge is 0.365 e. The van der Waals surface area contributed by atoms with Gasteiger partial charge in [-0.15, -0.1) is 0 Å². The zero-order valence-corrected chi connectivity index (χ0v) is 15.7. The van der Waals surface area contributed by atoms with Crippen LogP contribution in [-0.2, 0) is 16.6 Å². The van der Waals surface area contributed by atoms with Crippen LogP contribution in [0.3, 0.4) is 0 Å². The molecule has 142 valence electrons. The third-order valence-corrected chi connectivity index (χ3v) is 5.40. The third kappa shape index (κ3) is 3.94. The molecule has 0 fully saturated rings. The number of fused-ring (bicyclic) bond motifs is 1. The van der Waals surface area contributed by atoms with Crippen molar-refractivity contribution >= 4 is 32.7 Å². The van der Waals surface area contributed by atoms with Gasteiger partial charge in [0, 0.05) is 18.9 Å². The van der Waals surface area contributed by atoms with Crippen LogP contribution in [0.4, 0.5) is 11.6 Å². The number of aromatic nitrogens is 4. The lowest BCUT2D eigenvalue weighted by Gasteiger charge is -2.14. The quantitative estimate of drug-likeness (QED) is 0.500. The van der Waals surface area contributed by atoms with Crippen LogP contribution < -0.4 is 10.0 Å². The molecule has 9 heteroatoms. The Morgan fingerprint density at radius 1 is 0.857 bits per heavy atom. The maximum Gasteiger partial charge on any atom is 0.263 e. The minimum atomic E-state index is -3.78. The van der Waals surface area contributed by atoms with E-state index in [0.717, 1.165) is 0 Å². The first-order valence-electron chi connectivity index (χ1n) is 8.68. The van der Waals surface area contributed by atoms with Crippen molar-refractivity contribution in [3.05, 3.63) is 73.1 Å². The van der Waals surface area contributed by atoms with E-state index in [0.29, 0.717) is 29.9 Å². The van der Waals surface area contributed by atoms with Crippen LogP contribution in [0.2, 0.25) is 0 Å². The van der Waals surface area contributed by atoms with E-state index in [1.807, 2.05) is 30.5 Å². The molecule has 2 N–H and O–H groups in total. The summed E-state index contributed by atoms with van der Waals surface area (Å²) in [4.78, 5) is 9.17. The van der Waals surface area contributed by atoms with Gasteiger partial charge in [-0.1, -0.05) is 30.3 Å². The molecule has 0 saturated carbocycles. The van der Waals surface area contributed by atoms with E-state index in [9.17, 15) is 8.42 Å². The predicted octanol–water partition coefficient (Wildman–Crippen LogP) is 2.74. The van der Waals surface area contributed by atoms with Gasteiger partial charge in [-0.25, -0.2) is 18.4 Å². The number of nitrogens with zero attached hydrogens (tertiary/aromatic N) is 4. The van der Waals surface area contributed by atoms with Gasteiger partial charge in [0.15, 0.2) is 11.6 Å². The van der Waals surface area contributed by atoms with Crippen molar-refractivity contribution in [2.24, 2.45) is 0 Å². The van der Waals surface area contributed by atoms with Crippen molar-refractivity contribution < 1.29 is 8.42 Å². The molecule has 0 atom stereocenters. The molecule has 0 amide bonds. The number of benzene rings is 2. The van der Waals surface area contributed by atoms with E-state index in [1.54, 1.807) is 35.1 Å². The number of rotatable bonds is 7. The minimum absolute atomic E-state index is 0.156. The number of para-hydroxylation sites is 2. The van der Waals surface area contributed by atoms with E-state index >= 15 is 0 Å². The zero-order valence-electron chi connectivity index (χ0n) is 14.9. The molecule has 4 rings (SSSR count). The normalized spacial score (nSPS) is 11.4. The lowest BCUT2D eigenvalue weighted by Crippen LogP contribution is -2.18. The van der Waals surface area contributed by atoms with E-state index < -0.39 is 10.0 Å². The van der Waals surface area contributed by atoms with Gasteiger partial charge in [0.1, 0.15) is 0 Å². The van der Waals surface area contributed by atoms with Gasteiger partial charge in [0.05, 0.1) is 22.5 Å². The summed E-state index contributed by atoms with van der Waals surface area (Å²) >= 11 is 0. The molecule has 28 heavy (non-hydrogen) atoms. The first-order valence-corrected chi connectivity index (χ1v) is 10.2. The first kappa shape index (κ1) is 17.9. The van der Waals surface area contributed by atoms with Crippen LogP contribution >= 0.6 is 0 Å². The Bertz CT molecular complexity index is 1180. The lowest BCUT2D eigenvalue weighted by atomic mass is 10.3. The highest BCUT2D eigenvalue weighted by Gasteiger charge is 2.18. The van der Waals surface area contributed by atoms with E-state index in [2.05, 4.69) is 25.1 Å². The van der Waals surface area contributed by atoms with E-state index in [4.69, 9.17) is 0 Å². The summed E-state index contributed by atoms with van der Waals surface area (Å²) in [7, 11) is -3.78. The molecule has 0 bridgehead atoms. The molecule has 2 aromatic carbocycles. The fourth-order valence-electron chi connectivity index (χ4n) is 2.70. The highest BCUT2D eigenvalue weighted by atomic mass is 32.2. The second-order valence-electron chi connectivity index (χ2n) is 6.02. The molecule has 0 aliphatic heterocycles. The summed E-state index contributed by atoms with van der Waals surface area (Å²) in [5, 5.41) is 7.30. The van der Waals surface area contributed by atoms with Crippen LogP contribution in [-0.4, -0.2) is 34.7 Å². The summed E-state index contributed by atoms with van der Waals surface area (Å²) in [5.41, 5.74) is 1.28. The van der Waals surface area contributed by atoms with Crippen LogP contribution in [0, 0.1) is 0 Å². The van der Waals surface area contributed by atoms with Crippen molar-refractivity contribution in [3.8, 4) is 0 Å². The smallest absolute Gasteiger partial charge is 0.263 e. The van der Waals surface area contributed by atoms with Gasteiger partial charge in [0.2, 0.25) is 0 Å². The average Bonchev–Trinajstić information content (AvgIpc) is 3.22. The standard InChI is InChI=1S/C19H18N6O2S/c26-28(27,15-7-2-1-3-8-15)24-19-18(20-12-14-25-13-6-11-21-25)22-16-9-4-5-10-17(16)23-19/h1-11,13H,12,14H2,(H,20,22)(H,23,24). The van der Waals surface area contributed by atoms with Gasteiger partial charge in [-0.05, 0) is 30.3 Å². The van der Waals surface area contributed by atoms with E-state index in [1.165, 1.54) is 12.1 Å². The van der Waals surface area contributed by atoms with Gasteiger partial charge in [-0.3, -0.25) is 9.40 Å². The minimum Gasteiger partial charge on any atom is -0.365 e. The summed E-state index contributed by atoms with van der Waals surface area (Å²) < 4.78 is 29.8. The fraction of sp³-hybridized carbons (Fsp3) is 0.105. The zero-order chi connectivity index (χ0) is 19.4. The average molecular weight is 394 g/mol. The SMILES string of the molecule is O=S(=O)(Nc1nc2ccccc2nc1NCCn1cccn1)c1ccccc1. The first-order chi connectivity index (χ1) is 13.6. The number of hydrogen-bond donors (Lipinski definition) is 2. The van der Waals surface area contributed by atoms with Crippen molar-refractivity contribution in [2.45, 2.75) is 11.4 Å². The fourth-order valence-corrected chi connectivity index (χ4v) is 3.73. The third-order valence-electron chi connectivity index (χ3n) is 4.05. The molecule has 2 heterocycles. The molecule has 0 unspecified atom stereocenters. The molecule has 0 aliphatic rings. The van der Waals surface area contributed by atoms with Crippen LogP contribution in [0.15, 0.2) is 78.0 Å². The number of anilines is 2.